The smallest absolute Gasteiger partial charge is 0.225 e. The summed E-state index contributed by atoms with van der Waals surface area (Å²) in [6.45, 7) is 6.13. The standard InChI is InChI=1S/C21H23NO3/c1-13-5-6-14(2)19(9-13)15(3)22-21(23)10-16-12-25-20-11-17(24-4)7-8-18(16)20/h5-9,11-12,15H,10H2,1-4H3,(H,22,23). The number of carbonyl (C=O) groups excluding carboxylic acids is 1. The van der Waals surface area contributed by atoms with Crippen LogP contribution in [0.25, 0.3) is 11.0 Å². The van der Waals surface area contributed by atoms with Crippen LogP contribution in [0, 0.1) is 13.8 Å². The van der Waals surface area contributed by atoms with E-state index in [1.54, 1.807) is 13.4 Å². The fraction of sp³-hybridized carbons (Fsp3) is 0.286. The lowest BCUT2D eigenvalue weighted by atomic mass is 9.99. The van der Waals surface area contributed by atoms with Gasteiger partial charge in [-0.05, 0) is 44.0 Å². The maximum atomic E-state index is 12.5. The third-order valence-electron chi connectivity index (χ3n) is 4.49. The van der Waals surface area contributed by atoms with Gasteiger partial charge in [-0.25, -0.2) is 0 Å². The minimum atomic E-state index is -0.0364. The summed E-state index contributed by atoms with van der Waals surface area (Å²) in [5.41, 5.74) is 5.12. The van der Waals surface area contributed by atoms with Crippen LogP contribution in [0.15, 0.2) is 47.1 Å². The third-order valence-corrected chi connectivity index (χ3v) is 4.49. The zero-order valence-corrected chi connectivity index (χ0v) is 15.1. The summed E-state index contributed by atoms with van der Waals surface area (Å²) in [6.07, 6.45) is 1.93. The van der Waals surface area contributed by atoms with Gasteiger partial charge in [0, 0.05) is 17.0 Å². The van der Waals surface area contributed by atoms with Crippen molar-refractivity contribution in [3.63, 3.8) is 0 Å². The van der Waals surface area contributed by atoms with Crippen LogP contribution in [0.4, 0.5) is 0 Å². The number of benzene rings is 2. The number of furan rings is 1. The van der Waals surface area contributed by atoms with Crippen molar-refractivity contribution < 1.29 is 13.9 Å². The van der Waals surface area contributed by atoms with Gasteiger partial charge < -0.3 is 14.5 Å². The Morgan fingerprint density at radius 3 is 2.76 bits per heavy atom. The minimum absolute atomic E-state index is 0.0214. The summed E-state index contributed by atoms with van der Waals surface area (Å²) in [7, 11) is 1.62. The molecule has 0 aliphatic rings. The molecule has 0 bridgehead atoms. The Balaban J connectivity index is 1.73. The van der Waals surface area contributed by atoms with Crippen LogP contribution in [-0.4, -0.2) is 13.0 Å². The van der Waals surface area contributed by atoms with E-state index in [4.69, 9.17) is 9.15 Å². The molecule has 2 aromatic carbocycles. The van der Waals surface area contributed by atoms with Crippen molar-refractivity contribution in [3.8, 4) is 5.75 Å². The van der Waals surface area contributed by atoms with E-state index in [2.05, 4.69) is 37.4 Å². The van der Waals surface area contributed by atoms with Crippen molar-refractivity contribution >= 4 is 16.9 Å². The van der Waals surface area contributed by atoms with Gasteiger partial charge >= 0.3 is 0 Å². The molecule has 3 rings (SSSR count). The maximum Gasteiger partial charge on any atom is 0.225 e. The second-order valence-electron chi connectivity index (χ2n) is 6.45. The quantitative estimate of drug-likeness (QED) is 0.747. The molecule has 0 saturated heterocycles. The Labute approximate surface area is 147 Å². The highest BCUT2D eigenvalue weighted by Crippen LogP contribution is 2.26. The number of amides is 1. The van der Waals surface area contributed by atoms with E-state index in [0.29, 0.717) is 0 Å². The summed E-state index contributed by atoms with van der Waals surface area (Å²) in [4.78, 5) is 12.5. The Kier molecular flexibility index (Phi) is 4.79. The van der Waals surface area contributed by atoms with Crippen LogP contribution < -0.4 is 10.1 Å². The number of carbonyl (C=O) groups is 1. The van der Waals surface area contributed by atoms with Gasteiger partial charge in [-0.1, -0.05) is 23.8 Å². The molecule has 1 heterocycles. The van der Waals surface area contributed by atoms with Crippen LogP contribution in [0.2, 0.25) is 0 Å². The van der Waals surface area contributed by atoms with E-state index in [1.165, 1.54) is 11.1 Å². The fourth-order valence-corrected chi connectivity index (χ4v) is 3.10. The SMILES string of the molecule is COc1ccc2c(CC(=O)NC(C)c3cc(C)ccc3C)coc2c1. The Morgan fingerprint density at radius 1 is 1.20 bits per heavy atom. The topological polar surface area (TPSA) is 51.5 Å². The van der Waals surface area contributed by atoms with Crippen molar-refractivity contribution in [2.75, 3.05) is 7.11 Å². The molecule has 0 aliphatic heterocycles. The van der Waals surface area contributed by atoms with Gasteiger partial charge in [-0.3, -0.25) is 4.79 Å². The maximum absolute atomic E-state index is 12.5. The monoisotopic (exact) mass is 337 g/mol. The summed E-state index contributed by atoms with van der Waals surface area (Å²) >= 11 is 0. The fourth-order valence-electron chi connectivity index (χ4n) is 3.10. The molecule has 0 fully saturated rings. The van der Waals surface area contributed by atoms with Crippen LogP contribution in [0.3, 0.4) is 0 Å². The van der Waals surface area contributed by atoms with Gasteiger partial charge in [0.2, 0.25) is 5.91 Å². The summed E-state index contributed by atoms with van der Waals surface area (Å²) in [5.74, 6) is 0.716. The number of hydrogen-bond acceptors (Lipinski definition) is 3. The number of rotatable bonds is 5. The summed E-state index contributed by atoms with van der Waals surface area (Å²) in [6, 6.07) is 11.9. The molecule has 0 spiro atoms. The minimum Gasteiger partial charge on any atom is -0.497 e. The average Bonchev–Trinajstić information content (AvgIpc) is 2.98. The lowest BCUT2D eigenvalue weighted by Crippen LogP contribution is -2.28. The number of fused-ring (bicyclic) bond motifs is 1. The highest BCUT2D eigenvalue weighted by molar-refractivity contribution is 5.88. The molecule has 1 atom stereocenters. The van der Waals surface area contributed by atoms with Crippen LogP contribution in [-0.2, 0) is 11.2 Å². The Morgan fingerprint density at radius 2 is 2.00 bits per heavy atom. The van der Waals surface area contributed by atoms with Gasteiger partial charge in [-0.15, -0.1) is 0 Å². The molecule has 1 aromatic heterocycles. The van der Waals surface area contributed by atoms with Gasteiger partial charge in [0.25, 0.3) is 0 Å². The highest BCUT2D eigenvalue weighted by atomic mass is 16.5. The Bertz CT molecular complexity index is 911. The van der Waals surface area contributed by atoms with E-state index in [1.807, 2.05) is 25.1 Å². The lowest BCUT2D eigenvalue weighted by molar-refractivity contribution is -0.121. The Hall–Kier alpha value is -2.75. The first-order valence-electron chi connectivity index (χ1n) is 8.38. The molecule has 0 radical (unpaired) electrons. The molecule has 0 saturated carbocycles. The zero-order valence-electron chi connectivity index (χ0n) is 15.1. The first-order chi connectivity index (χ1) is 12.0. The van der Waals surface area contributed by atoms with Gasteiger partial charge in [0.15, 0.2) is 0 Å². The molecule has 4 nitrogen and oxygen atoms in total. The largest absolute Gasteiger partial charge is 0.497 e. The molecule has 1 unspecified atom stereocenters. The molecular formula is C21H23NO3. The molecule has 1 amide bonds. The third kappa shape index (κ3) is 3.68. The normalized spacial score (nSPS) is 12.2. The van der Waals surface area contributed by atoms with E-state index in [9.17, 15) is 4.79 Å². The van der Waals surface area contributed by atoms with Crippen molar-refractivity contribution in [2.45, 2.75) is 33.2 Å². The summed E-state index contributed by atoms with van der Waals surface area (Å²) < 4.78 is 10.8. The van der Waals surface area contributed by atoms with Crippen molar-refractivity contribution in [3.05, 3.63) is 64.9 Å². The molecule has 3 aromatic rings. The van der Waals surface area contributed by atoms with Crippen molar-refractivity contribution in [1.82, 2.24) is 5.32 Å². The van der Waals surface area contributed by atoms with Crippen LogP contribution in [0.5, 0.6) is 5.75 Å². The van der Waals surface area contributed by atoms with Crippen molar-refractivity contribution in [1.29, 1.82) is 0 Å². The van der Waals surface area contributed by atoms with Crippen molar-refractivity contribution in [2.24, 2.45) is 0 Å². The van der Waals surface area contributed by atoms with E-state index in [0.717, 1.165) is 27.8 Å². The highest BCUT2D eigenvalue weighted by Gasteiger charge is 2.15. The number of nitrogens with one attached hydrogen (secondary N) is 1. The number of hydrogen-bond donors (Lipinski definition) is 1. The first kappa shape index (κ1) is 17.1. The first-order valence-corrected chi connectivity index (χ1v) is 8.38. The predicted molar refractivity (Wildman–Crippen MR) is 98.9 cm³/mol. The van der Waals surface area contributed by atoms with E-state index in [-0.39, 0.29) is 18.4 Å². The van der Waals surface area contributed by atoms with Gasteiger partial charge in [0.05, 0.1) is 25.8 Å². The molecule has 4 heteroatoms. The second-order valence-corrected chi connectivity index (χ2v) is 6.45. The summed E-state index contributed by atoms with van der Waals surface area (Å²) in [5, 5.41) is 4.02. The molecule has 1 N–H and O–H groups in total. The molecule has 130 valence electrons. The van der Waals surface area contributed by atoms with Crippen LogP contribution in [0.1, 0.15) is 35.2 Å². The molecular weight excluding hydrogens is 314 g/mol. The predicted octanol–water partition coefficient (Wildman–Crippen LogP) is 4.48. The van der Waals surface area contributed by atoms with E-state index < -0.39 is 0 Å². The molecule has 25 heavy (non-hydrogen) atoms. The van der Waals surface area contributed by atoms with Crippen LogP contribution >= 0.6 is 0 Å². The average molecular weight is 337 g/mol. The van der Waals surface area contributed by atoms with E-state index >= 15 is 0 Å². The number of ether oxygens (including phenoxy) is 1. The second kappa shape index (κ2) is 7.01. The van der Waals surface area contributed by atoms with Gasteiger partial charge in [0.1, 0.15) is 11.3 Å². The number of methoxy groups -OCH3 is 1. The zero-order chi connectivity index (χ0) is 18.0. The van der Waals surface area contributed by atoms with Gasteiger partial charge in [-0.2, -0.15) is 0 Å². The lowest BCUT2D eigenvalue weighted by Gasteiger charge is -2.17. The molecule has 0 aliphatic carbocycles. The number of aryl methyl sites for hydroxylation is 2.